The Hall–Kier alpha value is -3.33. The second kappa shape index (κ2) is 10.7. The molecule has 1 aromatic rings. The highest BCUT2D eigenvalue weighted by atomic mass is 32.2. The van der Waals surface area contributed by atoms with Gasteiger partial charge in [0.2, 0.25) is 11.8 Å². The smallest absolute Gasteiger partial charge is 0.338 e. The number of nitrogens with zero attached hydrogens (tertiary/aromatic N) is 4. The van der Waals surface area contributed by atoms with E-state index in [4.69, 9.17) is 9.73 Å². The maximum atomic E-state index is 13.3. The van der Waals surface area contributed by atoms with Gasteiger partial charge < -0.3 is 19.4 Å². The minimum atomic E-state index is -0.459. The molecule has 190 valence electrons. The summed E-state index contributed by atoms with van der Waals surface area (Å²) in [6, 6.07) is 5.70. The van der Waals surface area contributed by atoms with Crippen molar-refractivity contribution < 1.29 is 19.1 Å². The van der Waals surface area contributed by atoms with Gasteiger partial charge in [-0.15, -0.1) is 0 Å². The zero-order valence-corrected chi connectivity index (χ0v) is 22.1. The molecule has 0 bridgehead atoms. The molecule has 1 atom stereocenters. The average molecular weight is 509 g/mol. The van der Waals surface area contributed by atoms with E-state index in [-0.39, 0.29) is 24.8 Å². The van der Waals surface area contributed by atoms with Crippen molar-refractivity contribution in [1.82, 2.24) is 14.7 Å². The lowest BCUT2D eigenvalue weighted by molar-refractivity contribution is -0.138. The Morgan fingerprint density at radius 3 is 2.47 bits per heavy atom. The van der Waals surface area contributed by atoms with E-state index in [1.165, 1.54) is 11.8 Å². The molecule has 9 heteroatoms. The van der Waals surface area contributed by atoms with Crippen LogP contribution in [0.1, 0.15) is 43.0 Å². The first-order valence-corrected chi connectivity index (χ1v) is 12.9. The lowest BCUT2D eigenvalue weighted by Crippen LogP contribution is -2.50. The predicted molar refractivity (Wildman–Crippen MR) is 141 cm³/mol. The number of carbonyl (C=O) groups is 3. The van der Waals surface area contributed by atoms with E-state index in [1.54, 1.807) is 22.8 Å². The van der Waals surface area contributed by atoms with Gasteiger partial charge in [-0.25, -0.2) is 9.79 Å². The number of aryl methyl sites for hydroxylation is 2. The Morgan fingerprint density at radius 2 is 1.83 bits per heavy atom. The molecule has 0 saturated carbocycles. The van der Waals surface area contributed by atoms with Crippen LogP contribution in [0.2, 0.25) is 0 Å². The highest BCUT2D eigenvalue weighted by molar-refractivity contribution is 8.16. The number of rotatable bonds is 6. The first kappa shape index (κ1) is 25.8. The third kappa shape index (κ3) is 5.11. The first-order chi connectivity index (χ1) is 17.2. The lowest BCUT2D eigenvalue weighted by atomic mass is 9.90. The third-order valence-electron chi connectivity index (χ3n) is 6.68. The predicted octanol–water partition coefficient (Wildman–Crippen LogP) is 3.69. The third-order valence-corrected chi connectivity index (χ3v) is 7.57. The molecule has 3 aliphatic rings. The summed E-state index contributed by atoms with van der Waals surface area (Å²) in [6.07, 6.45) is 1.72. The van der Waals surface area contributed by atoms with E-state index in [0.717, 1.165) is 27.6 Å². The zero-order chi connectivity index (χ0) is 26.0. The molecule has 3 aliphatic heterocycles. The standard InChI is InChI=1S/C27H32N4O4S/c1-6-13-35-26(34)24-19(4)28-27-31(25(24)22-8-7-17(2)14-18(22)3)21(16-36-27)15-23(33)30-11-9-29(10-12-30)20(5)32/h6-8,14,16,25H,1,9-13,15H2,2-5H3/t25-/m0/s1. The van der Waals surface area contributed by atoms with E-state index >= 15 is 0 Å². The Bertz CT molecular complexity index is 1190. The van der Waals surface area contributed by atoms with E-state index in [2.05, 4.69) is 12.6 Å². The number of hydrogen-bond acceptors (Lipinski definition) is 7. The highest BCUT2D eigenvalue weighted by Crippen LogP contribution is 2.45. The first-order valence-electron chi connectivity index (χ1n) is 12.0. The van der Waals surface area contributed by atoms with Gasteiger partial charge in [0, 0.05) is 38.8 Å². The maximum Gasteiger partial charge on any atom is 0.338 e. The lowest BCUT2D eigenvalue weighted by Gasteiger charge is -2.38. The summed E-state index contributed by atoms with van der Waals surface area (Å²) in [7, 11) is 0. The van der Waals surface area contributed by atoms with Gasteiger partial charge in [0.15, 0.2) is 5.17 Å². The molecular weight excluding hydrogens is 476 g/mol. The van der Waals surface area contributed by atoms with Crippen molar-refractivity contribution in [2.24, 2.45) is 4.99 Å². The normalized spacial score (nSPS) is 19.6. The fourth-order valence-corrected chi connectivity index (χ4v) is 5.77. The largest absolute Gasteiger partial charge is 0.458 e. The van der Waals surface area contributed by atoms with E-state index in [0.29, 0.717) is 37.4 Å². The van der Waals surface area contributed by atoms with Crippen molar-refractivity contribution in [3.63, 3.8) is 0 Å². The molecule has 1 fully saturated rings. The number of esters is 1. The van der Waals surface area contributed by atoms with Crippen LogP contribution in [0.5, 0.6) is 0 Å². The van der Waals surface area contributed by atoms with Crippen molar-refractivity contribution in [2.75, 3.05) is 32.8 Å². The Labute approximate surface area is 216 Å². The second-order valence-electron chi connectivity index (χ2n) is 9.20. The minimum absolute atomic E-state index is 0.00672. The second-order valence-corrected chi connectivity index (χ2v) is 10.0. The van der Waals surface area contributed by atoms with Gasteiger partial charge in [-0.2, -0.15) is 0 Å². The van der Waals surface area contributed by atoms with E-state index < -0.39 is 12.0 Å². The number of allylic oxidation sites excluding steroid dienone is 1. The summed E-state index contributed by atoms with van der Waals surface area (Å²) < 4.78 is 5.46. The maximum absolute atomic E-state index is 13.3. The SMILES string of the molecule is C=CCOC(=O)C1=C(C)N=C2SC=C(CC(=O)N3CCN(C(C)=O)CC3)N2[C@H]1c1ccc(C)cc1C. The molecule has 0 unspecified atom stereocenters. The minimum Gasteiger partial charge on any atom is -0.458 e. The molecule has 2 amide bonds. The molecule has 0 aromatic heterocycles. The monoisotopic (exact) mass is 508 g/mol. The van der Waals surface area contributed by atoms with Crippen LogP contribution in [0.15, 0.2) is 58.2 Å². The number of benzene rings is 1. The summed E-state index contributed by atoms with van der Waals surface area (Å²) in [5.41, 5.74) is 5.01. The molecule has 0 N–H and O–H groups in total. The molecule has 1 saturated heterocycles. The molecule has 4 rings (SSSR count). The van der Waals surface area contributed by atoms with Crippen LogP contribution >= 0.6 is 11.8 Å². The Kier molecular flexibility index (Phi) is 7.68. The summed E-state index contributed by atoms with van der Waals surface area (Å²) >= 11 is 1.46. The molecular formula is C27H32N4O4S. The molecule has 1 aromatic carbocycles. The summed E-state index contributed by atoms with van der Waals surface area (Å²) in [5, 5.41) is 2.69. The van der Waals surface area contributed by atoms with Crippen molar-refractivity contribution in [3.8, 4) is 0 Å². The molecule has 0 radical (unpaired) electrons. The number of hydrogen-bond donors (Lipinski definition) is 0. The van der Waals surface area contributed by atoms with Crippen LogP contribution in [-0.2, 0) is 19.1 Å². The average Bonchev–Trinajstić information content (AvgIpc) is 3.23. The number of piperazine rings is 1. The summed E-state index contributed by atoms with van der Waals surface area (Å²) in [6.45, 7) is 13.3. The van der Waals surface area contributed by atoms with Crippen LogP contribution in [0, 0.1) is 13.8 Å². The number of aliphatic imine (C=N–C) groups is 1. The number of amides is 2. The van der Waals surface area contributed by atoms with Crippen molar-refractivity contribution in [3.05, 3.63) is 69.9 Å². The van der Waals surface area contributed by atoms with Crippen LogP contribution in [0.3, 0.4) is 0 Å². The highest BCUT2D eigenvalue weighted by Gasteiger charge is 2.42. The molecule has 0 spiro atoms. The number of thioether (sulfide) groups is 1. The van der Waals surface area contributed by atoms with Crippen LogP contribution < -0.4 is 0 Å². The molecule has 3 heterocycles. The number of carbonyl (C=O) groups excluding carboxylic acids is 3. The van der Waals surface area contributed by atoms with Crippen molar-refractivity contribution in [2.45, 2.75) is 40.2 Å². The van der Waals surface area contributed by atoms with Gasteiger partial charge in [0.05, 0.1) is 23.7 Å². The number of fused-ring (bicyclic) bond motifs is 1. The van der Waals surface area contributed by atoms with Gasteiger partial charge in [-0.05, 0) is 37.3 Å². The quantitative estimate of drug-likeness (QED) is 0.431. The van der Waals surface area contributed by atoms with Gasteiger partial charge in [-0.3, -0.25) is 9.59 Å². The zero-order valence-electron chi connectivity index (χ0n) is 21.2. The van der Waals surface area contributed by atoms with Gasteiger partial charge in [0.25, 0.3) is 0 Å². The summed E-state index contributed by atoms with van der Waals surface area (Å²) in [4.78, 5) is 48.4. The number of ether oxygens (including phenoxy) is 1. The fraction of sp³-hybridized carbons (Fsp3) is 0.407. The van der Waals surface area contributed by atoms with Gasteiger partial charge in [-0.1, -0.05) is 48.2 Å². The molecule has 0 aliphatic carbocycles. The van der Waals surface area contributed by atoms with Gasteiger partial charge >= 0.3 is 5.97 Å². The number of amidine groups is 1. The fourth-order valence-electron chi connectivity index (χ4n) is 4.81. The van der Waals surface area contributed by atoms with Crippen LogP contribution in [-0.4, -0.2) is 70.4 Å². The van der Waals surface area contributed by atoms with E-state index in [9.17, 15) is 14.4 Å². The Morgan fingerprint density at radius 1 is 1.14 bits per heavy atom. The van der Waals surface area contributed by atoms with Crippen LogP contribution in [0.25, 0.3) is 0 Å². The van der Waals surface area contributed by atoms with Crippen molar-refractivity contribution in [1.29, 1.82) is 0 Å². The summed E-state index contributed by atoms with van der Waals surface area (Å²) in [5.74, 6) is -0.420. The molecule has 8 nitrogen and oxygen atoms in total. The molecule has 36 heavy (non-hydrogen) atoms. The Balaban J connectivity index is 1.64. The van der Waals surface area contributed by atoms with Gasteiger partial charge in [0.1, 0.15) is 6.61 Å². The van der Waals surface area contributed by atoms with Crippen molar-refractivity contribution >= 4 is 34.7 Å². The van der Waals surface area contributed by atoms with Crippen LogP contribution in [0.4, 0.5) is 0 Å². The topological polar surface area (TPSA) is 82.5 Å². The van der Waals surface area contributed by atoms with E-state index in [1.807, 2.05) is 43.2 Å².